The number of anilines is 1. The molecule has 0 saturated heterocycles. The van der Waals surface area contributed by atoms with E-state index in [9.17, 15) is 8.78 Å². The molecule has 3 rings (SSSR count). The van der Waals surface area contributed by atoms with Gasteiger partial charge in [0.25, 0.3) is 0 Å². The topological polar surface area (TPSA) is 51.8 Å². The molecule has 0 saturated carbocycles. The fraction of sp³-hybridized carbons (Fsp3) is 0. The summed E-state index contributed by atoms with van der Waals surface area (Å²) < 4.78 is 27.3. The monoisotopic (exact) mass is 263 g/mol. The van der Waals surface area contributed by atoms with Crippen molar-refractivity contribution in [3.8, 4) is 11.4 Å². The number of hydrogen-bond acceptors (Lipinski definition) is 4. The molecule has 0 atom stereocenters. The standard InChI is InChI=1S/C12H7F2N3S/c13-7-2-1-3-8(14)9(7)11-16-10(15)6-4-5-18-12(6)17-11/h1-5H,(H2,15,16,17). The van der Waals surface area contributed by atoms with Crippen LogP contribution >= 0.6 is 11.3 Å². The van der Waals surface area contributed by atoms with Crippen LogP contribution in [0.1, 0.15) is 0 Å². The lowest BCUT2D eigenvalue weighted by atomic mass is 10.2. The highest BCUT2D eigenvalue weighted by Gasteiger charge is 2.16. The lowest BCUT2D eigenvalue weighted by Crippen LogP contribution is -1.99. The molecule has 0 bridgehead atoms. The minimum atomic E-state index is -0.703. The van der Waals surface area contributed by atoms with Crippen molar-refractivity contribution >= 4 is 27.4 Å². The first kappa shape index (κ1) is 11.0. The van der Waals surface area contributed by atoms with E-state index in [-0.39, 0.29) is 17.2 Å². The molecule has 0 unspecified atom stereocenters. The van der Waals surface area contributed by atoms with E-state index in [4.69, 9.17) is 5.73 Å². The van der Waals surface area contributed by atoms with E-state index < -0.39 is 11.6 Å². The van der Waals surface area contributed by atoms with Crippen molar-refractivity contribution < 1.29 is 8.78 Å². The van der Waals surface area contributed by atoms with E-state index in [1.807, 2.05) is 0 Å². The molecule has 3 nitrogen and oxygen atoms in total. The Balaban J connectivity index is 2.31. The Morgan fingerprint density at radius 1 is 1.06 bits per heavy atom. The number of nitrogen functional groups attached to an aromatic ring is 1. The first-order valence-electron chi connectivity index (χ1n) is 5.12. The van der Waals surface area contributed by atoms with E-state index in [2.05, 4.69) is 9.97 Å². The van der Waals surface area contributed by atoms with Crippen LogP contribution in [-0.2, 0) is 0 Å². The molecule has 1 aromatic carbocycles. The van der Waals surface area contributed by atoms with E-state index in [1.165, 1.54) is 17.4 Å². The maximum Gasteiger partial charge on any atom is 0.169 e. The second kappa shape index (κ2) is 3.99. The van der Waals surface area contributed by atoms with Crippen molar-refractivity contribution in [3.05, 3.63) is 41.3 Å². The zero-order valence-electron chi connectivity index (χ0n) is 9.02. The predicted molar refractivity (Wildman–Crippen MR) is 67.2 cm³/mol. The van der Waals surface area contributed by atoms with Crippen LogP contribution in [0.5, 0.6) is 0 Å². The molecule has 90 valence electrons. The highest BCUT2D eigenvalue weighted by Crippen LogP contribution is 2.29. The Hall–Kier alpha value is -2.08. The minimum absolute atomic E-state index is 0.0296. The maximum atomic E-state index is 13.6. The largest absolute Gasteiger partial charge is 0.383 e. The normalized spacial score (nSPS) is 11.0. The molecule has 0 fully saturated rings. The fourth-order valence-electron chi connectivity index (χ4n) is 1.70. The Morgan fingerprint density at radius 2 is 1.78 bits per heavy atom. The molecule has 0 aliphatic heterocycles. The highest BCUT2D eigenvalue weighted by atomic mass is 32.1. The summed E-state index contributed by atoms with van der Waals surface area (Å²) in [5, 5.41) is 2.50. The third kappa shape index (κ3) is 1.62. The van der Waals surface area contributed by atoms with Gasteiger partial charge in [-0.25, -0.2) is 18.7 Å². The smallest absolute Gasteiger partial charge is 0.169 e. The summed E-state index contributed by atoms with van der Waals surface area (Å²) in [6.45, 7) is 0. The van der Waals surface area contributed by atoms with Gasteiger partial charge in [0.1, 0.15) is 22.3 Å². The van der Waals surface area contributed by atoms with E-state index in [1.54, 1.807) is 11.4 Å². The molecule has 0 aliphatic carbocycles. The van der Waals surface area contributed by atoms with Gasteiger partial charge in [-0.05, 0) is 23.6 Å². The quantitative estimate of drug-likeness (QED) is 0.733. The summed E-state index contributed by atoms with van der Waals surface area (Å²) in [4.78, 5) is 8.71. The van der Waals surface area contributed by atoms with E-state index in [0.717, 1.165) is 12.1 Å². The van der Waals surface area contributed by atoms with Crippen molar-refractivity contribution in [2.24, 2.45) is 0 Å². The second-order valence-electron chi connectivity index (χ2n) is 3.67. The number of fused-ring (bicyclic) bond motifs is 1. The van der Waals surface area contributed by atoms with Gasteiger partial charge in [-0.3, -0.25) is 0 Å². The average molecular weight is 263 g/mol. The van der Waals surface area contributed by atoms with Crippen LogP contribution in [0.15, 0.2) is 29.6 Å². The summed E-state index contributed by atoms with van der Waals surface area (Å²) in [7, 11) is 0. The van der Waals surface area contributed by atoms with Gasteiger partial charge in [0.2, 0.25) is 0 Å². The van der Waals surface area contributed by atoms with Gasteiger partial charge >= 0.3 is 0 Å². The Morgan fingerprint density at radius 3 is 2.50 bits per heavy atom. The second-order valence-corrected chi connectivity index (χ2v) is 4.56. The summed E-state index contributed by atoms with van der Waals surface area (Å²) in [6.07, 6.45) is 0. The maximum absolute atomic E-state index is 13.6. The van der Waals surface area contributed by atoms with Crippen molar-refractivity contribution in [3.63, 3.8) is 0 Å². The Kier molecular flexibility index (Phi) is 2.45. The summed E-state index contributed by atoms with van der Waals surface area (Å²) in [6, 6.07) is 5.39. The van der Waals surface area contributed by atoms with Gasteiger partial charge in [-0.15, -0.1) is 11.3 Å². The molecule has 18 heavy (non-hydrogen) atoms. The Bertz CT molecular complexity index is 719. The van der Waals surface area contributed by atoms with Crippen molar-refractivity contribution in [1.29, 1.82) is 0 Å². The van der Waals surface area contributed by atoms with Crippen LogP contribution in [0.2, 0.25) is 0 Å². The molecule has 0 aliphatic rings. The molecule has 0 amide bonds. The molecular weight excluding hydrogens is 256 g/mol. The number of nitrogens with two attached hydrogens (primary N) is 1. The van der Waals surface area contributed by atoms with Gasteiger partial charge < -0.3 is 5.73 Å². The molecule has 2 N–H and O–H groups in total. The van der Waals surface area contributed by atoms with Gasteiger partial charge in [-0.1, -0.05) is 6.07 Å². The number of aromatic nitrogens is 2. The first-order valence-corrected chi connectivity index (χ1v) is 6.00. The summed E-state index contributed by atoms with van der Waals surface area (Å²) >= 11 is 1.35. The lowest BCUT2D eigenvalue weighted by Gasteiger charge is -2.04. The molecule has 3 aromatic rings. The number of rotatable bonds is 1. The molecular formula is C12H7F2N3S. The lowest BCUT2D eigenvalue weighted by molar-refractivity contribution is 0.588. The van der Waals surface area contributed by atoms with Crippen LogP contribution in [0, 0.1) is 11.6 Å². The fourth-order valence-corrected chi connectivity index (χ4v) is 2.47. The number of thiophene rings is 1. The number of nitrogens with zero attached hydrogens (tertiary/aromatic N) is 2. The van der Waals surface area contributed by atoms with E-state index >= 15 is 0 Å². The Labute approximate surface area is 105 Å². The SMILES string of the molecule is Nc1nc(-c2c(F)cccc2F)nc2sccc12. The van der Waals surface area contributed by atoms with Crippen molar-refractivity contribution in [1.82, 2.24) is 9.97 Å². The highest BCUT2D eigenvalue weighted by molar-refractivity contribution is 7.16. The van der Waals surface area contributed by atoms with Crippen LogP contribution in [0.25, 0.3) is 21.6 Å². The molecule has 2 heterocycles. The van der Waals surface area contributed by atoms with E-state index in [0.29, 0.717) is 10.2 Å². The zero-order valence-corrected chi connectivity index (χ0v) is 9.84. The van der Waals surface area contributed by atoms with Gasteiger partial charge in [-0.2, -0.15) is 0 Å². The molecule has 2 aromatic heterocycles. The minimum Gasteiger partial charge on any atom is -0.383 e. The summed E-state index contributed by atoms with van der Waals surface area (Å²) in [5.41, 5.74) is 5.50. The van der Waals surface area contributed by atoms with Gasteiger partial charge in [0.05, 0.1) is 10.9 Å². The average Bonchev–Trinajstić information content (AvgIpc) is 2.77. The van der Waals surface area contributed by atoms with Crippen LogP contribution in [-0.4, -0.2) is 9.97 Å². The zero-order chi connectivity index (χ0) is 12.7. The van der Waals surface area contributed by atoms with Crippen LogP contribution in [0.3, 0.4) is 0 Å². The molecule has 0 radical (unpaired) electrons. The number of halogens is 2. The van der Waals surface area contributed by atoms with Crippen molar-refractivity contribution in [2.75, 3.05) is 5.73 Å². The van der Waals surface area contributed by atoms with Gasteiger partial charge in [0.15, 0.2) is 5.82 Å². The van der Waals surface area contributed by atoms with Crippen LogP contribution in [0.4, 0.5) is 14.6 Å². The number of benzene rings is 1. The van der Waals surface area contributed by atoms with Crippen LogP contribution < -0.4 is 5.73 Å². The number of hydrogen-bond donors (Lipinski definition) is 1. The third-order valence-corrected chi connectivity index (χ3v) is 3.35. The molecule has 6 heteroatoms. The van der Waals surface area contributed by atoms with Gasteiger partial charge in [0, 0.05) is 0 Å². The third-order valence-electron chi connectivity index (χ3n) is 2.54. The summed E-state index contributed by atoms with van der Waals surface area (Å²) in [5.74, 6) is -1.22. The van der Waals surface area contributed by atoms with Crippen molar-refractivity contribution in [2.45, 2.75) is 0 Å². The molecule has 0 spiro atoms. The first-order chi connectivity index (χ1) is 8.66. The predicted octanol–water partition coefficient (Wildman–Crippen LogP) is 3.22.